The van der Waals surface area contributed by atoms with Gasteiger partial charge in [0.2, 0.25) is 5.95 Å². The highest BCUT2D eigenvalue weighted by Gasteiger charge is 2.45. The maximum absolute atomic E-state index is 14.5. The molecule has 1 fully saturated rings. The molecule has 0 spiro atoms. The second-order valence-electron chi connectivity index (χ2n) is 7.87. The number of benzene rings is 1. The number of likely N-dealkylation sites (N-methyl/N-ethyl adjacent to an activating group) is 1. The molecule has 0 saturated carbocycles. The van der Waals surface area contributed by atoms with Crippen LogP contribution in [0.1, 0.15) is 12.0 Å². The molecule has 4 heterocycles. The standard InChI is InChI=1S/C22H20FN7O2S/c1-29-8-5-22(32,20(29)31)14-9-13(10-15(23)11-14)17-12-33-19(25-17)16-3-6-24-21(26-16)27-18-4-7-30(2)28-18/h3-4,6-7,9-12,32H,5,8H2,1-2H3,(H,24,26,27,28). The third-order valence-corrected chi connectivity index (χ3v) is 6.38. The number of rotatable bonds is 5. The zero-order valence-electron chi connectivity index (χ0n) is 17.9. The fourth-order valence-electron chi connectivity index (χ4n) is 3.76. The molecule has 1 amide bonds. The number of anilines is 2. The number of halogens is 1. The van der Waals surface area contributed by atoms with Crippen molar-refractivity contribution >= 4 is 29.0 Å². The second-order valence-corrected chi connectivity index (χ2v) is 8.73. The largest absolute Gasteiger partial charge is 0.375 e. The van der Waals surface area contributed by atoms with E-state index in [1.807, 2.05) is 7.05 Å². The van der Waals surface area contributed by atoms with Crippen molar-refractivity contribution in [2.45, 2.75) is 12.0 Å². The van der Waals surface area contributed by atoms with Gasteiger partial charge in [0, 0.05) is 56.5 Å². The first-order chi connectivity index (χ1) is 15.8. The first-order valence-corrected chi connectivity index (χ1v) is 11.0. The van der Waals surface area contributed by atoms with Crippen molar-refractivity contribution in [3.05, 3.63) is 59.5 Å². The fourth-order valence-corrected chi connectivity index (χ4v) is 4.55. The van der Waals surface area contributed by atoms with Crippen molar-refractivity contribution in [1.29, 1.82) is 0 Å². The lowest BCUT2D eigenvalue weighted by Gasteiger charge is -2.21. The number of carbonyl (C=O) groups is 1. The van der Waals surface area contributed by atoms with E-state index in [1.54, 1.807) is 47.7 Å². The molecule has 1 unspecified atom stereocenters. The van der Waals surface area contributed by atoms with Crippen LogP contribution in [0.25, 0.3) is 22.0 Å². The molecule has 0 radical (unpaired) electrons. The topological polar surface area (TPSA) is 109 Å². The van der Waals surface area contributed by atoms with Crippen molar-refractivity contribution in [3.8, 4) is 22.0 Å². The summed E-state index contributed by atoms with van der Waals surface area (Å²) in [7, 11) is 3.43. The van der Waals surface area contributed by atoms with Gasteiger partial charge in [-0.25, -0.2) is 19.3 Å². The minimum absolute atomic E-state index is 0.209. The number of hydrogen-bond acceptors (Lipinski definition) is 8. The first kappa shape index (κ1) is 21.2. The molecule has 0 aliphatic carbocycles. The van der Waals surface area contributed by atoms with Crippen LogP contribution < -0.4 is 5.32 Å². The summed E-state index contributed by atoms with van der Waals surface area (Å²) in [4.78, 5) is 27.2. The van der Waals surface area contributed by atoms with Gasteiger partial charge in [-0.1, -0.05) is 0 Å². The minimum Gasteiger partial charge on any atom is -0.375 e. The average molecular weight is 466 g/mol. The first-order valence-electron chi connectivity index (χ1n) is 10.2. The van der Waals surface area contributed by atoms with Crippen molar-refractivity contribution in [2.24, 2.45) is 7.05 Å². The number of carbonyl (C=O) groups excluding carboxylic acids is 1. The highest BCUT2D eigenvalue weighted by molar-refractivity contribution is 7.13. The van der Waals surface area contributed by atoms with Gasteiger partial charge < -0.3 is 15.3 Å². The zero-order valence-corrected chi connectivity index (χ0v) is 18.7. The Balaban J connectivity index is 1.44. The van der Waals surface area contributed by atoms with E-state index in [-0.39, 0.29) is 12.0 Å². The molecule has 9 nitrogen and oxygen atoms in total. The number of hydrogen-bond donors (Lipinski definition) is 2. The summed E-state index contributed by atoms with van der Waals surface area (Å²) >= 11 is 1.35. The summed E-state index contributed by atoms with van der Waals surface area (Å²) in [6, 6.07) is 7.70. The van der Waals surface area contributed by atoms with Gasteiger partial charge in [0.05, 0.1) is 5.69 Å². The van der Waals surface area contributed by atoms with Gasteiger partial charge in [0.15, 0.2) is 11.4 Å². The third-order valence-electron chi connectivity index (χ3n) is 5.51. The highest BCUT2D eigenvalue weighted by atomic mass is 32.1. The third kappa shape index (κ3) is 3.96. The van der Waals surface area contributed by atoms with E-state index in [2.05, 4.69) is 25.4 Å². The van der Waals surface area contributed by atoms with Gasteiger partial charge in [-0.2, -0.15) is 5.10 Å². The average Bonchev–Trinajstić information content (AvgIpc) is 3.51. The molecule has 4 aromatic rings. The molecular weight excluding hydrogens is 445 g/mol. The Hall–Kier alpha value is -3.70. The number of aryl methyl sites for hydroxylation is 1. The summed E-state index contributed by atoms with van der Waals surface area (Å²) < 4.78 is 16.1. The number of aromatic nitrogens is 5. The van der Waals surface area contributed by atoms with Crippen LogP contribution >= 0.6 is 11.3 Å². The molecule has 2 N–H and O–H groups in total. The summed E-state index contributed by atoms with van der Waals surface area (Å²) in [5.74, 6) is 0.0116. The Morgan fingerprint density at radius 3 is 2.76 bits per heavy atom. The van der Waals surface area contributed by atoms with Crippen molar-refractivity contribution in [3.63, 3.8) is 0 Å². The predicted octanol–water partition coefficient (Wildman–Crippen LogP) is 2.93. The van der Waals surface area contributed by atoms with Crippen molar-refractivity contribution in [2.75, 3.05) is 18.9 Å². The number of nitrogens with zero attached hydrogens (tertiary/aromatic N) is 6. The lowest BCUT2D eigenvalue weighted by Crippen LogP contribution is -2.36. The monoisotopic (exact) mass is 465 g/mol. The molecule has 1 saturated heterocycles. The Kier molecular flexibility index (Phi) is 5.14. The Labute approximate surface area is 192 Å². The fraction of sp³-hybridized carbons (Fsp3) is 0.227. The van der Waals surface area contributed by atoms with Crippen LogP contribution in [-0.2, 0) is 17.4 Å². The Bertz CT molecular complexity index is 1350. The Morgan fingerprint density at radius 1 is 1.18 bits per heavy atom. The highest BCUT2D eigenvalue weighted by Crippen LogP contribution is 2.36. The van der Waals surface area contributed by atoms with Crippen LogP contribution in [0.3, 0.4) is 0 Å². The molecule has 3 aromatic heterocycles. The van der Waals surface area contributed by atoms with E-state index in [4.69, 9.17) is 0 Å². The van der Waals surface area contributed by atoms with Crippen LogP contribution in [0, 0.1) is 5.82 Å². The van der Waals surface area contributed by atoms with Crippen LogP contribution in [-0.4, -0.2) is 54.2 Å². The molecule has 33 heavy (non-hydrogen) atoms. The maximum atomic E-state index is 14.5. The van der Waals surface area contributed by atoms with E-state index < -0.39 is 17.3 Å². The maximum Gasteiger partial charge on any atom is 0.258 e. The number of aliphatic hydroxyl groups is 1. The number of amides is 1. The molecule has 5 rings (SSSR count). The van der Waals surface area contributed by atoms with Crippen molar-refractivity contribution < 1.29 is 14.3 Å². The van der Waals surface area contributed by atoms with Gasteiger partial charge in [-0.05, 0) is 29.8 Å². The zero-order chi connectivity index (χ0) is 23.2. The van der Waals surface area contributed by atoms with E-state index in [0.29, 0.717) is 40.3 Å². The summed E-state index contributed by atoms with van der Waals surface area (Å²) in [6.45, 7) is 0.407. The van der Waals surface area contributed by atoms with Gasteiger partial charge >= 0.3 is 0 Å². The van der Waals surface area contributed by atoms with Gasteiger partial charge in [0.1, 0.15) is 16.5 Å². The molecule has 0 bridgehead atoms. The van der Waals surface area contributed by atoms with Crippen LogP contribution in [0.15, 0.2) is 48.1 Å². The van der Waals surface area contributed by atoms with Gasteiger partial charge in [0.25, 0.3) is 5.91 Å². The van der Waals surface area contributed by atoms with E-state index in [1.165, 1.54) is 28.4 Å². The van der Waals surface area contributed by atoms with Crippen LogP contribution in [0.4, 0.5) is 16.2 Å². The molecule has 1 atom stereocenters. The Morgan fingerprint density at radius 2 is 2.03 bits per heavy atom. The molecule has 168 valence electrons. The molecule has 1 aromatic carbocycles. The smallest absolute Gasteiger partial charge is 0.258 e. The lowest BCUT2D eigenvalue weighted by atomic mass is 9.90. The predicted molar refractivity (Wildman–Crippen MR) is 121 cm³/mol. The molecule has 11 heteroatoms. The van der Waals surface area contributed by atoms with Crippen LogP contribution in [0.5, 0.6) is 0 Å². The quantitative estimate of drug-likeness (QED) is 0.466. The number of likely N-dealkylation sites (tertiary alicyclic amines) is 1. The number of nitrogens with one attached hydrogen (secondary N) is 1. The van der Waals surface area contributed by atoms with Gasteiger partial charge in [-0.3, -0.25) is 9.48 Å². The van der Waals surface area contributed by atoms with E-state index in [9.17, 15) is 14.3 Å². The number of thiazole rings is 1. The second kappa shape index (κ2) is 8.01. The van der Waals surface area contributed by atoms with E-state index >= 15 is 0 Å². The van der Waals surface area contributed by atoms with Gasteiger partial charge in [-0.15, -0.1) is 11.3 Å². The van der Waals surface area contributed by atoms with Crippen LogP contribution in [0.2, 0.25) is 0 Å². The SMILES string of the molecule is CN1CCC(O)(c2cc(F)cc(-c3csc(-c4ccnc(Nc5ccn(C)n5)n4)n3)c2)C1=O. The van der Waals surface area contributed by atoms with Crippen molar-refractivity contribution in [1.82, 2.24) is 29.6 Å². The normalized spacial score (nSPS) is 18.2. The molecule has 1 aliphatic heterocycles. The summed E-state index contributed by atoms with van der Waals surface area (Å²) in [5, 5.41) is 20.6. The molecular formula is C22H20FN7O2S. The molecule has 1 aliphatic rings. The summed E-state index contributed by atoms with van der Waals surface area (Å²) in [6.07, 6.45) is 3.63. The summed E-state index contributed by atoms with van der Waals surface area (Å²) in [5.41, 5.74) is 0.0938. The lowest BCUT2D eigenvalue weighted by molar-refractivity contribution is -0.143. The van der Waals surface area contributed by atoms with E-state index in [0.717, 1.165) is 0 Å². The minimum atomic E-state index is -1.73.